The number of hydrogen-bond donors (Lipinski definition) is 7. The van der Waals surface area contributed by atoms with Crippen molar-refractivity contribution in [2.75, 3.05) is 25.1 Å². The first-order chi connectivity index (χ1) is 17.0. The van der Waals surface area contributed by atoms with Gasteiger partial charge in [0.05, 0.1) is 6.04 Å². The fraction of sp³-hybridized carbons (Fsp3) is 0.714. The summed E-state index contributed by atoms with van der Waals surface area (Å²) in [4.78, 5) is 66.6. The average Bonchev–Trinajstić information content (AvgIpc) is 3.30. The summed E-state index contributed by atoms with van der Waals surface area (Å²) in [6.07, 6.45) is 3.51. The Morgan fingerprint density at radius 3 is 2.36 bits per heavy atom. The van der Waals surface area contributed by atoms with Gasteiger partial charge < -0.3 is 43.6 Å². The lowest BCUT2D eigenvalue weighted by Gasteiger charge is -2.28. The van der Waals surface area contributed by atoms with Crippen LogP contribution in [0.25, 0.3) is 0 Å². The molecule has 0 saturated carbocycles. The number of guanidine groups is 1. The highest BCUT2D eigenvalue weighted by Crippen LogP contribution is 2.20. The number of aliphatic imine (C=N–C) groups is 1. The summed E-state index contributed by atoms with van der Waals surface area (Å²) in [7, 11) is 0. The second kappa shape index (κ2) is 15.8. The zero-order chi connectivity index (χ0) is 27.3. The summed E-state index contributed by atoms with van der Waals surface area (Å²) in [5, 5.41) is 14.4. The van der Waals surface area contributed by atoms with Gasteiger partial charge in [0.25, 0.3) is 0 Å². The van der Waals surface area contributed by atoms with Gasteiger partial charge in [-0.15, -0.1) is 0 Å². The van der Waals surface area contributed by atoms with Crippen LogP contribution in [-0.2, 0) is 24.0 Å². The van der Waals surface area contributed by atoms with E-state index < -0.39 is 47.9 Å². The Labute approximate surface area is 214 Å². The summed E-state index contributed by atoms with van der Waals surface area (Å²) >= 11 is 1.45. The van der Waals surface area contributed by atoms with Gasteiger partial charge in [0.2, 0.25) is 23.6 Å². The number of amides is 4. The second-order valence-corrected chi connectivity index (χ2v) is 9.48. The molecule has 0 aromatic carbocycles. The molecule has 0 bridgehead atoms. The van der Waals surface area contributed by atoms with Gasteiger partial charge in [-0.2, -0.15) is 11.8 Å². The molecule has 14 nitrogen and oxygen atoms in total. The van der Waals surface area contributed by atoms with E-state index in [2.05, 4.69) is 15.6 Å². The summed E-state index contributed by atoms with van der Waals surface area (Å²) in [6, 6.07) is -3.98. The van der Waals surface area contributed by atoms with Crippen LogP contribution in [0.5, 0.6) is 0 Å². The van der Waals surface area contributed by atoms with Crippen molar-refractivity contribution in [3.05, 3.63) is 0 Å². The second-order valence-electron chi connectivity index (χ2n) is 8.49. The van der Waals surface area contributed by atoms with Crippen molar-refractivity contribution in [3.8, 4) is 0 Å². The summed E-state index contributed by atoms with van der Waals surface area (Å²) in [6.45, 7) is 0.685. The molecule has 1 rings (SSSR count). The number of nitrogens with two attached hydrogens (primary N) is 4. The number of nitrogens with one attached hydrogen (secondary N) is 2. The van der Waals surface area contributed by atoms with Crippen LogP contribution in [-0.4, -0.2) is 94.8 Å². The number of nitrogens with zero attached hydrogens (tertiary/aromatic N) is 2. The van der Waals surface area contributed by atoms with Gasteiger partial charge in [-0.3, -0.25) is 24.2 Å². The van der Waals surface area contributed by atoms with Crippen molar-refractivity contribution >= 4 is 47.3 Å². The quantitative estimate of drug-likeness (QED) is 0.0624. The van der Waals surface area contributed by atoms with Crippen LogP contribution < -0.4 is 33.6 Å². The van der Waals surface area contributed by atoms with E-state index >= 15 is 0 Å². The molecule has 4 unspecified atom stereocenters. The van der Waals surface area contributed by atoms with Crippen LogP contribution >= 0.6 is 11.8 Å². The van der Waals surface area contributed by atoms with E-state index in [1.54, 1.807) is 0 Å². The largest absolute Gasteiger partial charge is 0.480 e. The number of rotatable bonds is 16. The van der Waals surface area contributed by atoms with E-state index in [9.17, 15) is 29.1 Å². The zero-order valence-electron chi connectivity index (χ0n) is 20.5. The SMILES string of the molecule is CSCCC(NC(=O)C1CCCN1C(=O)C(N)CCCN=C(N)N)C(=O)NC(CCC(N)=O)C(=O)O. The molecule has 0 aliphatic carbocycles. The van der Waals surface area contributed by atoms with Crippen molar-refractivity contribution in [1.82, 2.24) is 15.5 Å². The summed E-state index contributed by atoms with van der Waals surface area (Å²) < 4.78 is 0. The molecular weight excluding hydrogens is 492 g/mol. The lowest BCUT2D eigenvalue weighted by atomic mass is 10.1. The number of primary amides is 1. The van der Waals surface area contributed by atoms with Crippen LogP contribution in [0.1, 0.15) is 44.9 Å². The fourth-order valence-electron chi connectivity index (χ4n) is 3.75. The molecule has 1 aliphatic heterocycles. The molecule has 1 heterocycles. The molecule has 4 atom stereocenters. The number of carbonyl (C=O) groups is 5. The summed E-state index contributed by atoms with van der Waals surface area (Å²) in [5.74, 6) is -3.12. The summed E-state index contributed by atoms with van der Waals surface area (Å²) in [5.41, 5.74) is 21.7. The lowest BCUT2D eigenvalue weighted by molar-refractivity contribution is -0.143. The fourth-order valence-corrected chi connectivity index (χ4v) is 4.22. The third-order valence-electron chi connectivity index (χ3n) is 5.66. The minimum Gasteiger partial charge on any atom is -0.480 e. The first-order valence-electron chi connectivity index (χ1n) is 11.7. The molecule has 36 heavy (non-hydrogen) atoms. The normalized spacial score (nSPS) is 17.5. The standard InChI is InChI=1S/C21H38N8O6S/c1-36-11-8-13(17(31)28-14(20(34)35)6-7-16(23)30)27-18(32)15-5-3-10-29(15)19(33)12(22)4-2-9-26-21(24)25/h12-15H,2-11,22H2,1H3,(H2,23,30)(H,27,32)(H,28,31)(H,34,35)(H4,24,25,26). The Hall–Kier alpha value is -3.07. The number of carbonyl (C=O) groups excluding carboxylic acids is 4. The van der Waals surface area contributed by atoms with Gasteiger partial charge >= 0.3 is 5.97 Å². The third kappa shape index (κ3) is 10.7. The van der Waals surface area contributed by atoms with Crippen molar-refractivity contribution in [1.29, 1.82) is 0 Å². The highest BCUT2D eigenvalue weighted by atomic mass is 32.2. The third-order valence-corrected chi connectivity index (χ3v) is 6.30. The van der Waals surface area contributed by atoms with Crippen molar-refractivity contribution < 1.29 is 29.1 Å². The van der Waals surface area contributed by atoms with Gasteiger partial charge in [0, 0.05) is 19.5 Å². The van der Waals surface area contributed by atoms with Crippen molar-refractivity contribution in [3.63, 3.8) is 0 Å². The van der Waals surface area contributed by atoms with Gasteiger partial charge in [0.1, 0.15) is 18.1 Å². The predicted octanol–water partition coefficient (Wildman–Crippen LogP) is -2.57. The Morgan fingerprint density at radius 1 is 1.08 bits per heavy atom. The predicted molar refractivity (Wildman–Crippen MR) is 136 cm³/mol. The molecule has 0 aromatic rings. The number of hydrogen-bond acceptors (Lipinski definition) is 8. The molecule has 1 aliphatic rings. The zero-order valence-corrected chi connectivity index (χ0v) is 21.3. The molecule has 0 radical (unpaired) electrons. The van der Waals surface area contributed by atoms with E-state index in [4.69, 9.17) is 22.9 Å². The highest BCUT2D eigenvalue weighted by molar-refractivity contribution is 7.98. The van der Waals surface area contributed by atoms with E-state index in [1.165, 1.54) is 16.7 Å². The van der Waals surface area contributed by atoms with Crippen LogP contribution in [0.3, 0.4) is 0 Å². The number of carboxylic acids is 1. The number of likely N-dealkylation sites (tertiary alicyclic amines) is 1. The monoisotopic (exact) mass is 530 g/mol. The van der Waals surface area contributed by atoms with Gasteiger partial charge in [-0.05, 0) is 50.5 Å². The minimum absolute atomic E-state index is 0.0474. The van der Waals surface area contributed by atoms with E-state index in [1.807, 2.05) is 6.26 Å². The Balaban J connectivity index is 2.82. The van der Waals surface area contributed by atoms with Gasteiger partial charge in [0.15, 0.2) is 5.96 Å². The number of aliphatic carboxylic acids is 1. The van der Waals surface area contributed by atoms with Crippen molar-refractivity contribution in [2.24, 2.45) is 27.9 Å². The lowest BCUT2D eigenvalue weighted by Crippen LogP contribution is -2.56. The molecule has 0 spiro atoms. The molecule has 11 N–H and O–H groups in total. The first kappa shape index (κ1) is 31.0. The van der Waals surface area contributed by atoms with E-state index in [0.29, 0.717) is 44.5 Å². The maximum atomic E-state index is 13.1. The molecule has 15 heteroatoms. The van der Waals surface area contributed by atoms with Gasteiger partial charge in [-0.25, -0.2) is 4.79 Å². The van der Waals surface area contributed by atoms with E-state index in [0.717, 1.165) is 0 Å². The molecule has 1 saturated heterocycles. The van der Waals surface area contributed by atoms with Crippen molar-refractivity contribution in [2.45, 2.75) is 69.1 Å². The molecular formula is C21H38N8O6S. The Morgan fingerprint density at radius 2 is 1.78 bits per heavy atom. The molecule has 0 aromatic heterocycles. The Kier molecular flexibility index (Phi) is 13.6. The first-order valence-corrected chi connectivity index (χ1v) is 13.1. The number of carboxylic acid groups (broad SMARTS) is 1. The Bertz CT molecular complexity index is 822. The highest BCUT2D eigenvalue weighted by Gasteiger charge is 2.37. The average molecular weight is 531 g/mol. The van der Waals surface area contributed by atoms with Crippen LogP contribution in [0.4, 0.5) is 0 Å². The number of thioether (sulfide) groups is 1. The molecule has 204 valence electrons. The van der Waals surface area contributed by atoms with Crippen LogP contribution in [0.15, 0.2) is 4.99 Å². The van der Waals surface area contributed by atoms with Crippen LogP contribution in [0, 0.1) is 0 Å². The van der Waals surface area contributed by atoms with E-state index in [-0.39, 0.29) is 31.1 Å². The minimum atomic E-state index is -1.33. The molecule has 4 amide bonds. The van der Waals surface area contributed by atoms with Crippen LogP contribution in [0.2, 0.25) is 0 Å². The maximum Gasteiger partial charge on any atom is 0.326 e. The topological polar surface area (TPSA) is 249 Å². The van der Waals surface area contributed by atoms with Gasteiger partial charge in [-0.1, -0.05) is 0 Å². The maximum absolute atomic E-state index is 13.1. The smallest absolute Gasteiger partial charge is 0.326 e. The molecule has 1 fully saturated rings.